The lowest BCUT2D eigenvalue weighted by Crippen LogP contribution is -2.60. The zero-order chi connectivity index (χ0) is 25.5. The van der Waals surface area contributed by atoms with Crippen LogP contribution in [0.4, 0.5) is 0 Å². The fraction of sp³-hybridized carbons (Fsp3) is 0.821. The number of allylic oxidation sites excluding steroid dienone is 2. The van der Waals surface area contributed by atoms with E-state index >= 15 is 0 Å². The highest BCUT2D eigenvalue weighted by Crippen LogP contribution is 2.60. The maximum atomic E-state index is 11.4. The maximum Gasteiger partial charge on any atom is 0.303 e. The molecule has 1 aliphatic heterocycles. The molecule has 0 aromatic carbocycles. The molecule has 6 heteroatoms. The van der Waals surface area contributed by atoms with E-state index in [0.29, 0.717) is 17.3 Å². The largest absolute Gasteiger partial charge is 0.457 e. The van der Waals surface area contributed by atoms with E-state index in [-0.39, 0.29) is 5.41 Å². The molecule has 1 heterocycles. The number of aliphatic hydroxyl groups is 2. The molecule has 3 rings (SSSR count). The van der Waals surface area contributed by atoms with Gasteiger partial charge in [0.1, 0.15) is 12.2 Å². The molecule has 2 N–H and O–H groups in total. The zero-order valence-corrected chi connectivity index (χ0v) is 22.2. The van der Waals surface area contributed by atoms with E-state index in [1.165, 1.54) is 31.8 Å². The van der Waals surface area contributed by atoms with E-state index in [9.17, 15) is 15.0 Å². The van der Waals surface area contributed by atoms with Gasteiger partial charge in [0.25, 0.3) is 0 Å². The summed E-state index contributed by atoms with van der Waals surface area (Å²) >= 11 is 0. The number of ether oxygens (including phenoxy) is 3. The van der Waals surface area contributed by atoms with Gasteiger partial charge < -0.3 is 24.4 Å². The Morgan fingerprint density at radius 2 is 1.97 bits per heavy atom. The molecule has 3 aliphatic rings. The highest BCUT2D eigenvalue weighted by molar-refractivity contribution is 5.66. The number of carbonyl (C=O) groups excluding carboxylic acids is 1. The topological polar surface area (TPSA) is 85.2 Å². The average molecular weight is 479 g/mol. The monoisotopic (exact) mass is 478 g/mol. The summed E-state index contributed by atoms with van der Waals surface area (Å²) in [5, 5.41) is 21.2. The second-order valence-corrected chi connectivity index (χ2v) is 12.1. The van der Waals surface area contributed by atoms with Gasteiger partial charge in [-0.05, 0) is 75.5 Å². The van der Waals surface area contributed by atoms with E-state index in [4.69, 9.17) is 14.2 Å². The number of fused-ring (bicyclic) bond motifs is 1. The fourth-order valence-electron chi connectivity index (χ4n) is 7.06. The van der Waals surface area contributed by atoms with Crippen LogP contribution in [0.2, 0.25) is 0 Å². The summed E-state index contributed by atoms with van der Waals surface area (Å²) in [7, 11) is 0. The number of hydrogen-bond donors (Lipinski definition) is 2. The zero-order valence-electron chi connectivity index (χ0n) is 22.2. The van der Waals surface area contributed by atoms with Crippen LogP contribution >= 0.6 is 0 Å². The minimum Gasteiger partial charge on any atom is -0.457 e. The Hall–Kier alpha value is -1.21. The Kier molecular flexibility index (Phi) is 8.08. The van der Waals surface area contributed by atoms with Crippen LogP contribution in [0.5, 0.6) is 0 Å². The third-order valence-corrected chi connectivity index (χ3v) is 9.12. The van der Waals surface area contributed by atoms with E-state index < -0.39 is 42.3 Å². The molecule has 0 spiro atoms. The van der Waals surface area contributed by atoms with Gasteiger partial charge in [0, 0.05) is 6.92 Å². The number of esters is 1. The van der Waals surface area contributed by atoms with E-state index in [0.717, 1.165) is 19.3 Å². The lowest BCUT2D eigenvalue weighted by Gasteiger charge is -2.57. The lowest BCUT2D eigenvalue weighted by molar-refractivity contribution is -0.314. The first-order chi connectivity index (χ1) is 15.7. The van der Waals surface area contributed by atoms with Crippen molar-refractivity contribution < 1.29 is 29.2 Å². The summed E-state index contributed by atoms with van der Waals surface area (Å²) < 4.78 is 17.3. The van der Waals surface area contributed by atoms with E-state index in [1.807, 2.05) is 6.92 Å². The van der Waals surface area contributed by atoms with Crippen LogP contribution in [0, 0.1) is 22.7 Å². The quantitative estimate of drug-likeness (QED) is 0.399. The van der Waals surface area contributed by atoms with Crippen LogP contribution < -0.4 is 0 Å². The molecule has 1 saturated heterocycles. The van der Waals surface area contributed by atoms with E-state index in [2.05, 4.69) is 40.3 Å². The maximum absolute atomic E-state index is 11.4. The van der Waals surface area contributed by atoms with Gasteiger partial charge >= 0.3 is 5.97 Å². The third kappa shape index (κ3) is 5.30. The molecule has 2 fully saturated rings. The first kappa shape index (κ1) is 27.4. The van der Waals surface area contributed by atoms with Crippen LogP contribution in [-0.4, -0.2) is 52.5 Å². The van der Waals surface area contributed by atoms with Crippen LogP contribution in [0.1, 0.15) is 87.0 Å². The van der Waals surface area contributed by atoms with Gasteiger partial charge in [-0.1, -0.05) is 44.9 Å². The number of rotatable bonds is 7. The number of aliphatic hydroxyl groups excluding tert-OH is 2. The molecule has 34 heavy (non-hydrogen) atoms. The van der Waals surface area contributed by atoms with Crippen LogP contribution in [-0.2, 0) is 19.0 Å². The first-order valence-electron chi connectivity index (χ1n) is 12.9. The molecule has 0 aromatic heterocycles. The van der Waals surface area contributed by atoms with Crippen molar-refractivity contribution in [3.05, 3.63) is 24.3 Å². The molecule has 0 bridgehead atoms. The van der Waals surface area contributed by atoms with Crippen molar-refractivity contribution in [1.29, 1.82) is 0 Å². The van der Waals surface area contributed by atoms with Crippen molar-refractivity contribution in [2.24, 2.45) is 22.7 Å². The van der Waals surface area contributed by atoms with Crippen LogP contribution in [0.3, 0.4) is 0 Å². The first-order valence-corrected chi connectivity index (χ1v) is 12.9. The highest BCUT2D eigenvalue weighted by atomic mass is 16.7. The third-order valence-electron chi connectivity index (χ3n) is 9.12. The molecule has 0 aromatic rings. The minimum atomic E-state index is -1.34. The molecule has 0 amide bonds. The summed E-state index contributed by atoms with van der Waals surface area (Å²) in [6.45, 7) is 18.5. The summed E-state index contributed by atoms with van der Waals surface area (Å²) in [6.07, 6.45) is 5.60. The van der Waals surface area contributed by atoms with Crippen LogP contribution in [0.15, 0.2) is 24.3 Å². The van der Waals surface area contributed by atoms with Gasteiger partial charge in [-0.2, -0.15) is 0 Å². The number of carbonyl (C=O) groups is 1. The summed E-state index contributed by atoms with van der Waals surface area (Å²) in [6, 6.07) is 0. The molecule has 0 radical (unpaired) electrons. The average Bonchev–Trinajstić information content (AvgIpc) is 2.73. The highest BCUT2D eigenvalue weighted by Gasteiger charge is 2.52. The predicted molar refractivity (Wildman–Crippen MR) is 132 cm³/mol. The second-order valence-electron chi connectivity index (χ2n) is 12.1. The van der Waals surface area contributed by atoms with Gasteiger partial charge in [-0.3, -0.25) is 4.79 Å². The number of hydrogen-bond acceptors (Lipinski definition) is 6. The van der Waals surface area contributed by atoms with Gasteiger partial charge in [0.2, 0.25) is 0 Å². The van der Waals surface area contributed by atoms with Crippen molar-refractivity contribution >= 4 is 5.97 Å². The summed E-state index contributed by atoms with van der Waals surface area (Å²) in [5.41, 5.74) is 1.31. The van der Waals surface area contributed by atoms with Crippen molar-refractivity contribution in [1.82, 2.24) is 0 Å². The van der Waals surface area contributed by atoms with Crippen molar-refractivity contribution in [3.63, 3.8) is 0 Å². The minimum absolute atomic E-state index is 0.255. The van der Waals surface area contributed by atoms with Gasteiger partial charge in [-0.15, -0.1) is 6.58 Å². The van der Waals surface area contributed by atoms with Crippen molar-refractivity contribution in [3.8, 4) is 0 Å². The molecular weight excluding hydrogens is 432 g/mol. The lowest BCUT2D eigenvalue weighted by atomic mass is 9.48. The normalized spacial score (nSPS) is 41.6. The van der Waals surface area contributed by atoms with E-state index in [1.54, 1.807) is 13.0 Å². The predicted octanol–water partition coefficient (Wildman–Crippen LogP) is 4.93. The Balaban J connectivity index is 1.72. The van der Waals surface area contributed by atoms with Gasteiger partial charge in [0.15, 0.2) is 12.4 Å². The summed E-state index contributed by atoms with van der Waals surface area (Å²) in [5.74, 6) is 0.593. The smallest absolute Gasteiger partial charge is 0.303 e. The molecule has 9 atom stereocenters. The SMILES string of the molecule is C=C[C@@](C)(CC[C@H]1C(C)=CC[C@H]2C(C)(C)CCC[C@]12C)O[C@@H]1O[C@H](C)[C@H](OC(C)=O)[C@H](O)[C@H]1O. The van der Waals surface area contributed by atoms with Crippen molar-refractivity contribution in [2.75, 3.05) is 0 Å². The molecular formula is C28H46O6. The Bertz CT molecular complexity index is 790. The van der Waals surface area contributed by atoms with Crippen LogP contribution in [0.25, 0.3) is 0 Å². The molecule has 6 nitrogen and oxygen atoms in total. The Morgan fingerprint density at radius 3 is 2.59 bits per heavy atom. The molecule has 0 unspecified atom stereocenters. The standard InChI is InChI=1S/C28H46O6/c1-9-27(7,34-25-23(31)22(30)24(18(3)32-25)33-19(4)29)16-13-20-17(2)11-12-21-26(5,6)14-10-15-28(20,21)8/h9,11,18,20-25,30-31H,1,10,12-16H2,2-8H3/t18-,20+,21+,22-,23-,24+,25+,27+,28-/m1/s1. The van der Waals surface area contributed by atoms with Gasteiger partial charge in [0.05, 0.1) is 11.7 Å². The molecule has 194 valence electrons. The summed E-state index contributed by atoms with van der Waals surface area (Å²) in [4.78, 5) is 11.4. The Labute approximate surface area is 205 Å². The molecule has 2 aliphatic carbocycles. The van der Waals surface area contributed by atoms with Gasteiger partial charge in [-0.25, -0.2) is 0 Å². The second kappa shape index (κ2) is 10.0. The van der Waals surface area contributed by atoms with Crippen molar-refractivity contribution in [2.45, 2.75) is 123 Å². The fourth-order valence-corrected chi connectivity index (χ4v) is 7.06. The Morgan fingerprint density at radius 1 is 1.29 bits per heavy atom. The molecule has 1 saturated carbocycles.